The molecule has 1 aromatic carbocycles. The highest BCUT2D eigenvalue weighted by molar-refractivity contribution is 5.76. The summed E-state index contributed by atoms with van der Waals surface area (Å²) in [6.45, 7) is 7.32. The molecule has 0 aliphatic carbocycles. The number of hydrogen-bond donors (Lipinski definition) is 2. The molecule has 1 atom stereocenters. The predicted octanol–water partition coefficient (Wildman–Crippen LogP) is 1.16. The molecule has 3 aromatic rings. The van der Waals surface area contributed by atoms with E-state index >= 15 is 0 Å². The van der Waals surface area contributed by atoms with E-state index in [0.717, 1.165) is 38.4 Å². The van der Waals surface area contributed by atoms with Crippen LogP contribution in [-0.2, 0) is 0 Å². The highest BCUT2D eigenvalue weighted by Gasteiger charge is 2.17. The summed E-state index contributed by atoms with van der Waals surface area (Å²) >= 11 is 0. The van der Waals surface area contributed by atoms with Gasteiger partial charge < -0.3 is 10.2 Å². The predicted molar refractivity (Wildman–Crippen MR) is 107 cm³/mol. The highest BCUT2D eigenvalue weighted by atomic mass is 16.1. The molecule has 0 saturated carbocycles. The second-order valence-corrected chi connectivity index (χ2v) is 7.19. The second-order valence-electron chi connectivity index (χ2n) is 7.19. The fraction of sp³-hybridized carbons (Fsp3) is 0.421. The van der Waals surface area contributed by atoms with Crippen molar-refractivity contribution in [1.82, 2.24) is 29.5 Å². The van der Waals surface area contributed by atoms with Crippen molar-refractivity contribution in [1.29, 1.82) is 0 Å². The number of hydrogen-bond acceptors (Lipinski definition) is 6. The first-order valence-corrected chi connectivity index (χ1v) is 9.31. The van der Waals surface area contributed by atoms with Crippen LogP contribution in [0.5, 0.6) is 0 Å². The second kappa shape index (κ2) is 7.50. The Morgan fingerprint density at radius 2 is 1.93 bits per heavy atom. The molecule has 1 aliphatic heterocycles. The number of aromatic amines is 1. The maximum absolute atomic E-state index is 12.4. The van der Waals surface area contributed by atoms with E-state index < -0.39 is 0 Å². The Morgan fingerprint density at radius 1 is 1.19 bits per heavy atom. The van der Waals surface area contributed by atoms with Crippen LogP contribution in [0.3, 0.4) is 0 Å². The van der Waals surface area contributed by atoms with E-state index in [1.165, 1.54) is 0 Å². The average molecular weight is 367 g/mol. The number of piperazine rings is 1. The first-order valence-electron chi connectivity index (χ1n) is 9.31. The minimum absolute atomic E-state index is 0.169. The molecular formula is C19H25N7O. The number of benzene rings is 1. The van der Waals surface area contributed by atoms with Gasteiger partial charge in [-0.15, -0.1) is 0 Å². The summed E-state index contributed by atoms with van der Waals surface area (Å²) in [5.41, 5.74) is 1.25. The summed E-state index contributed by atoms with van der Waals surface area (Å²) in [5, 5.41) is 8.16. The van der Waals surface area contributed by atoms with Crippen LogP contribution in [0, 0.1) is 0 Å². The molecule has 1 aliphatic rings. The first-order chi connectivity index (χ1) is 13.1. The van der Waals surface area contributed by atoms with Gasteiger partial charge in [0, 0.05) is 38.8 Å². The van der Waals surface area contributed by atoms with E-state index in [1.807, 2.05) is 30.3 Å². The monoisotopic (exact) mass is 367 g/mol. The third-order valence-corrected chi connectivity index (χ3v) is 4.95. The number of rotatable bonds is 5. The number of para-hydroxylation sites is 1. The quantitative estimate of drug-likeness (QED) is 0.704. The maximum atomic E-state index is 12.4. The van der Waals surface area contributed by atoms with Crippen molar-refractivity contribution in [2.75, 3.05) is 45.1 Å². The molecule has 4 rings (SSSR count). The Kier molecular flexibility index (Phi) is 4.91. The van der Waals surface area contributed by atoms with Crippen LogP contribution < -0.4 is 10.9 Å². The molecule has 1 saturated heterocycles. The van der Waals surface area contributed by atoms with Gasteiger partial charge in [-0.3, -0.25) is 14.7 Å². The summed E-state index contributed by atoms with van der Waals surface area (Å²) in [6, 6.07) is 9.88. The Balaban J connectivity index is 1.54. The molecule has 2 N–H and O–H groups in total. The number of nitrogens with zero attached hydrogens (tertiary/aromatic N) is 5. The number of H-pyrrole nitrogens is 1. The maximum Gasteiger partial charge on any atom is 0.263 e. The largest absolute Gasteiger partial charge is 0.352 e. The number of aromatic nitrogens is 4. The molecule has 1 unspecified atom stereocenters. The Morgan fingerprint density at radius 3 is 2.67 bits per heavy atom. The molecule has 2 aromatic heterocycles. The van der Waals surface area contributed by atoms with Crippen molar-refractivity contribution in [3.63, 3.8) is 0 Å². The SMILES string of the molecule is CC(CN1CCN(C)CC1)Nc1nc2c(cnn2-c2ccccc2)c(=O)[nH]1. The van der Waals surface area contributed by atoms with Gasteiger partial charge in [0.1, 0.15) is 5.39 Å². The van der Waals surface area contributed by atoms with Crippen LogP contribution in [0.2, 0.25) is 0 Å². The van der Waals surface area contributed by atoms with Gasteiger partial charge in [0.25, 0.3) is 5.56 Å². The van der Waals surface area contributed by atoms with Crippen molar-refractivity contribution in [2.45, 2.75) is 13.0 Å². The van der Waals surface area contributed by atoms with Crippen LogP contribution in [0.25, 0.3) is 16.7 Å². The normalized spacial score (nSPS) is 17.3. The fourth-order valence-corrected chi connectivity index (χ4v) is 3.44. The van der Waals surface area contributed by atoms with Crippen LogP contribution in [0.4, 0.5) is 5.95 Å². The summed E-state index contributed by atoms with van der Waals surface area (Å²) in [5.74, 6) is 0.479. The van der Waals surface area contributed by atoms with Gasteiger partial charge in [-0.25, -0.2) is 4.68 Å². The summed E-state index contributed by atoms with van der Waals surface area (Å²) < 4.78 is 1.70. The topological polar surface area (TPSA) is 82.1 Å². The number of likely N-dealkylation sites (N-methyl/N-ethyl adjacent to an activating group) is 1. The number of fused-ring (bicyclic) bond motifs is 1. The van der Waals surface area contributed by atoms with Crippen molar-refractivity contribution in [3.8, 4) is 5.69 Å². The minimum Gasteiger partial charge on any atom is -0.352 e. The van der Waals surface area contributed by atoms with Gasteiger partial charge in [-0.1, -0.05) is 18.2 Å². The minimum atomic E-state index is -0.184. The number of anilines is 1. The van der Waals surface area contributed by atoms with Gasteiger partial charge in [0.2, 0.25) is 5.95 Å². The molecule has 0 radical (unpaired) electrons. The van der Waals surface area contributed by atoms with Gasteiger partial charge >= 0.3 is 0 Å². The lowest BCUT2D eigenvalue weighted by Gasteiger charge is -2.34. The van der Waals surface area contributed by atoms with Gasteiger partial charge in [0.15, 0.2) is 5.65 Å². The van der Waals surface area contributed by atoms with Crippen molar-refractivity contribution in [3.05, 3.63) is 46.9 Å². The zero-order valence-electron chi connectivity index (χ0n) is 15.7. The van der Waals surface area contributed by atoms with E-state index in [2.05, 4.69) is 44.2 Å². The lowest BCUT2D eigenvalue weighted by molar-refractivity contribution is 0.151. The molecule has 0 amide bonds. The third kappa shape index (κ3) is 3.86. The molecule has 0 bridgehead atoms. The van der Waals surface area contributed by atoms with Gasteiger partial charge in [0.05, 0.1) is 11.9 Å². The lowest BCUT2D eigenvalue weighted by Crippen LogP contribution is -2.47. The van der Waals surface area contributed by atoms with Crippen LogP contribution >= 0.6 is 0 Å². The molecule has 8 heteroatoms. The van der Waals surface area contributed by atoms with Crippen molar-refractivity contribution < 1.29 is 0 Å². The van der Waals surface area contributed by atoms with Gasteiger partial charge in [-0.05, 0) is 26.1 Å². The number of nitrogens with one attached hydrogen (secondary N) is 2. The van der Waals surface area contributed by atoms with E-state index in [4.69, 9.17) is 0 Å². The fourth-order valence-electron chi connectivity index (χ4n) is 3.44. The van der Waals surface area contributed by atoms with Crippen LogP contribution in [0.1, 0.15) is 6.92 Å². The molecular weight excluding hydrogens is 342 g/mol. The third-order valence-electron chi connectivity index (χ3n) is 4.95. The highest BCUT2D eigenvalue weighted by Crippen LogP contribution is 2.15. The zero-order valence-corrected chi connectivity index (χ0v) is 15.7. The molecule has 27 heavy (non-hydrogen) atoms. The molecule has 8 nitrogen and oxygen atoms in total. The zero-order chi connectivity index (χ0) is 18.8. The molecule has 142 valence electrons. The molecule has 0 spiro atoms. The first kappa shape index (κ1) is 17.7. The van der Waals surface area contributed by atoms with E-state index in [1.54, 1.807) is 10.9 Å². The average Bonchev–Trinajstić information content (AvgIpc) is 3.09. The summed E-state index contributed by atoms with van der Waals surface area (Å²) in [7, 11) is 2.15. The van der Waals surface area contributed by atoms with Crippen molar-refractivity contribution >= 4 is 17.0 Å². The molecule has 3 heterocycles. The standard InChI is InChI=1S/C19H25N7O/c1-14(13-25-10-8-24(2)9-11-25)21-19-22-17-16(18(27)23-19)12-20-26(17)15-6-4-3-5-7-15/h3-7,12,14H,8-11,13H2,1-2H3,(H2,21,22,23,27). The van der Waals surface area contributed by atoms with E-state index in [-0.39, 0.29) is 11.6 Å². The lowest BCUT2D eigenvalue weighted by atomic mass is 10.2. The van der Waals surface area contributed by atoms with Gasteiger partial charge in [-0.2, -0.15) is 10.1 Å². The van der Waals surface area contributed by atoms with Crippen LogP contribution in [-0.4, -0.2) is 75.4 Å². The summed E-state index contributed by atoms with van der Waals surface area (Å²) in [6.07, 6.45) is 1.56. The van der Waals surface area contributed by atoms with Crippen LogP contribution in [0.15, 0.2) is 41.3 Å². The van der Waals surface area contributed by atoms with E-state index in [0.29, 0.717) is 17.0 Å². The smallest absolute Gasteiger partial charge is 0.263 e. The Labute approximate surface area is 157 Å². The summed E-state index contributed by atoms with van der Waals surface area (Å²) in [4.78, 5) is 24.7. The van der Waals surface area contributed by atoms with E-state index in [9.17, 15) is 4.79 Å². The molecule has 1 fully saturated rings. The Hall–Kier alpha value is -2.71. The Bertz CT molecular complexity index is 957. The van der Waals surface area contributed by atoms with Crippen molar-refractivity contribution in [2.24, 2.45) is 0 Å².